The van der Waals surface area contributed by atoms with Crippen LogP contribution in [0.3, 0.4) is 0 Å². The average molecular weight is 275 g/mol. The lowest BCUT2D eigenvalue weighted by atomic mass is 10.2. The first kappa shape index (κ1) is 12.1. The van der Waals surface area contributed by atoms with E-state index < -0.39 is 12.0 Å². The van der Waals surface area contributed by atoms with Gasteiger partial charge >= 0.3 is 5.97 Å². The minimum Gasteiger partial charge on any atom is -0.480 e. The topological polar surface area (TPSA) is 66.3 Å². The fraction of sp³-hybridized carbons (Fsp3) is 0.308. The van der Waals surface area contributed by atoms with Gasteiger partial charge in [-0.1, -0.05) is 41.7 Å². The zero-order valence-corrected chi connectivity index (χ0v) is 11.0. The smallest absolute Gasteiger partial charge is 0.326 e. The number of benzene rings is 1. The molecule has 2 heterocycles. The van der Waals surface area contributed by atoms with Crippen molar-refractivity contribution in [3.63, 3.8) is 0 Å². The van der Waals surface area contributed by atoms with Gasteiger partial charge in [0.15, 0.2) is 0 Å². The summed E-state index contributed by atoms with van der Waals surface area (Å²) in [4.78, 5) is 13.0. The second kappa shape index (κ2) is 4.97. The third-order valence-electron chi connectivity index (χ3n) is 3.22. The van der Waals surface area contributed by atoms with Gasteiger partial charge in [0.1, 0.15) is 11.0 Å². The van der Waals surface area contributed by atoms with Gasteiger partial charge in [-0.2, -0.15) is 0 Å². The molecule has 1 fully saturated rings. The number of nitrogens with zero attached hydrogens (tertiary/aromatic N) is 3. The van der Waals surface area contributed by atoms with E-state index in [1.54, 1.807) is 0 Å². The summed E-state index contributed by atoms with van der Waals surface area (Å²) in [6, 6.07) is 9.34. The van der Waals surface area contributed by atoms with Gasteiger partial charge in [-0.3, -0.25) is 0 Å². The molecule has 0 saturated carbocycles. The van der Waals surface area contributed by atoms with E-state index >= 15 is 0 Å². The first-order valence-electron chi connectivity index (χ1n) is 6.14. The van der Waals surface area contributed by atoms with E-state index in [4.69, 9.17) is 0 Å². The highest BCUT2D eigenvalue weighted by molar-refractivity contribution is 7.18. The number of aromatic nitrogens is 2. The summed E-state index contributed by atoms with van der Waals surface area (Å²) in [5.74, 6) is -0.783. The third-order valence-corrected chi connectivity index (χ3v) is 4.23. The fourth-order valence-corrected chi connectivity index (χ4v) is 3.21. The average Bonchev–Trinajstić information content (AvgIpc) is 3.08. The Kier molecular flexibility index (Phi) is 3.16. The van der Waals surface area contributed by atoms with E-state index in [1.165, 1.54) is 11.3 Å². The Balaban J connectivity index is 1.87. The molecular weight excluding hydrogens is 262 g/mol. The van der Waals surface area contributed by atoms with Crippen LogP contribution in [-0.2, 0) is 4.79 Å². The minimum absolute atomic E-state index is 0.462. The van der Waals surface area contributed by atoms with Crippen molar-refractivity contribution in [1.82, 2.24) is 10.2 Å². The number of carboxylic acids is 1. The van der Waals surface area contributed by atoms with Crippen LogP contribution in [0.2, 0.25) is 0 Å². The van der Waals surface area contributed by atoms with Crippen LogP contribution in [0.4, 0.5) is 5.13 Å². The Hall–Kier alpha value is -1.95. The Morgan fingerprint density at radius 3 is 2.84 bits per heavy atom. The van der Waals surface area contributed by atoms with Crippen LogP contribution in [0.25, 0.3) is 10.6 Å². The molecule has 0 spiro atoms. The molecule has 0 aliphatic carbocycles. The predicted octanol–water partition coefficient (Wildman–Crippen LogP) is 2.26. The second-order valence-electron chi connectivity index (χ2n) is 4.45. The zero-order valence-electron chi connectivity index (χ0n) is 10.2. The van der Waals surface area contributed by atoms with Gasteiger partial charge in [0, 0.05) is 12.1 Å². The van der Waals surface area contributed by atoms with E-state index in [0.717, 1.165) is 23.5 Å². The molecule has 19 heavy (non-hydrogen) atoms. The van der Waals surface area contributed by atoms with E-state index in [2.05, 4.69) is 10.2 Å². The summed E-state index contributed by atoms with van der Waals surface area (Å²) in [5, 5.41) is 19.0. The normalized spacial score (nSPS) is 18.7. The zero-order chi connectivity index (χ0) is 13.2. The lowest BCUT2D eigenvalue weighted by Crippen LogP contribution is -2.35. The standard InChI is InChI=1S/C13H13N3O2S/c17-12(18)10-7-4-8-16(10)13-15-14-11(19-13)9-5-2-1-3-6-9/h1-3,5-6,10H,4,7-8H2,(H,17,18)/t10-/m0/s1. The number of anilines is 1. The summed E-state index contributed by atoms with van der Waals surface area (Å²) in [6.45, 7) is 0.736. The van der Waals surface area contributed by atoms with Crippen LogP contribution >= 0.6 is 11.3 Å². The molecule has 0 unspecified atom stereocenters. The summed E-state index contributed by atoms with van der Waals surface area (Å²) in [6.07, 6.45) is 1.56. The van der Waals surface area contributed by atoms with Crippen molar-refractivity contribution in [2.45, 2.75) is 18.9 Å². The third kappa shape index (κ3) is 2.31. The molecular formula is C13H13N3O2S. The molecule has 98 valence electrons. The first-order valence-corrected chi connectivity index (χ1v) is 6.96. The number of rotatable bonds is 3. The number of aliphatic carboxylic acids is 1. The molecule has 1 aromatic carbocycles. The fourth-order valence-electron chi connectivity index (χ4n) is 2.28. The van der Waals surface area contributed by atoms with Crippen LogP contribution in [0, 0.1) is 0 Å². The molecule has 3 rings (SSSR count). The summed E-state index contributed by atoms with van der Waals surface area (Å²) < 4.78 is 0. The van der Waals surface area contributed by atoms with Crippen LogP contribution in [0.15, 0.2) is 30.3 Å². The van der Waals surface area contributed by atoms with Crippen LogP contribution in [0.1, 0.15) is 12.8 Å². The van der Waals surface area contributed by atoms with E-state index in [1.807, 2.05) is 35.2 Å². The first-order chi connectivity index (χ1) is 9.25. The Labute approximate surface area is 114 Å². The van der Waals surface area contributed by atoms with Crippen LogP contribution in [-0.4, -0.2) is 33.9 Å². The van der Waals surface area contributed by atoms with Crippen molar-refractivity contribution in [3.05, 3.63) is 30.3 Å². The highest BCUT2D eigenvalue weighted by Gasteiger charge is 2.32. The molecule has 0 bridgehead atoms. The summed E-state index contributed by atoms with van der Waals surface area (Å²) >= 11 is 1.44. The highest BCUT2D eigenvalue weighted by Crippen LogP contribution is 2.32. The SMILES string of the molecule is O=C(O)[C@@H]1CCCN1c1nnc(-c2ccccc2)s1. The molecule has 0 radical (unpaired) electrons. The highest BCUT2D eigenvalue weighted by atomic mass is 32.1. The van der Waals surface area contributed by atoms with Crippen LogP contribution in [0.5, 0.6) is 0 Å². The summed E-state index contributed by atoms with van der Waals surface area (Å²) in [7, 11) is 0. The van der Waals surface area contributed by atoms with Gasteiger partial charge in [-0.15, -0.1) is 10.2 Å². The van der Waals surface area contributed by atoms with Crippen molar-refractivity contribution in [3.8, 4) is 10.6 Å². The molecule has 5 nitrogen and oxygen atoms in total. The van der Waals surface area contributed by atoms with Crippen molar-refractivity contribution in [2.75, 3.05) is 11.4 Å². The van der Waals surface area contributed by atoms with Crippen molar-refractivity contribution < 1.29 is 9.90 Å². The Morgan fingerprint density at radius 1 is 1.32 bits per heavy atom. The van der Waals surface area contributed by atoms with Gasteiger partial charge in [-0.05, 0) is 12.8 Å². The number of hydrogen-bond acceptors (Lipinski definition) is 5. The Morgan fingerprint density at radius 2 is 2.11 bits per heavy atom. The number of carboxylic acid groups (broad SMARTS) is 1. The molecule has 1 aliphatic rings. The lowest BCUT2D eigenvalue weighted by molar-refractivity contribution is -0.138. The lowest BCUT2D eigenvalue weighted by Gasteiger charge is -2.19. The summed E-state index contributed by atoms with van der Waals surface area (Å²) in [5.41, 5.74) is 1.01. The quantitative estimate of drug-likeness (QED) is 0.930. The van der Waals surface area contributed by atoms with Gasteiger partial charge in [0.2, 0.25) is 5.13 Å². The maximum atomic E-state index is 11.2. The molecule has 1 N–H and O–H groups in total. The molecule has 0 amide bonds. The molecule has 1 atom stereocenters. The largest absolute Gasteiger partial charge is 0.480 e. The maximum Gasteiger partial charge on any atom is 0.326 e. The monoisotopic (exact) mass is 275 g/mol. The number of carbonyl (C=O) groups is 1. The second-order valence-corrected chi connectivity index (χ2v) is 5.40. The molecule has 6 heteroatoms. The number of hydrogen-bond donors (Lipinski definition) is 1. The van der Waals surface area contributed by atoms with Crippen molar-refractivity contribution >= 4 is 22.4 Å². The van der Waals surface area contributed by atoms with E-state index in [-0.39, 0.29) is 0 Å². The van der Waals surface area contributed by atoms with Gasteiger partial charge in [-0.25, -0.2) is 4.79 Å². The minimum atomic E-state index is -0.783. The van der Waals surface area contributed by atoms with Crippen molar-refractivity contribution in [1.29, 1.82) is 0 Å². The predicted molar refractivity (Wildman–Crippen MR) is 73.3 cm³/mol. The molecule has 2 aromatic rings. The maximum absolute atomic E-state index is 11.2. The van der Waals surface area contributed by atoms with E-state index in [0.29, 0.717) is 11.6 Å². The molecule has 1 saturated heterocycles. The van der Waals surface area contributed by atoms with E-state index in [9.17, 15) is 9.90 Å². The molecule has 1 aromatic heterocycles. The van der Waals surface area contributed by atoms with Gasteiger partial charge < -0.3 is 10.0 Å². The van der Waals surface area contributed by atoms with Gasteiger partial charge in [0.25, 0.3) is 0 Å². The van der Waals surface area contributed by atoms with Gasteiger partial charge in [0.05, 0.1) is 0 Å². The molecule has 1 aliphatic heterocycles. The van der Waals surface area contributed by atoms with Crippen molar-refractivity contribution in [2.24, 2.45) is 0 Å². The Bertz CT molecular complexity index is 585. The van der Waals surface area contributed by atoms with Crippen LogP contribution < -0.4 is 4.90 Å².